The van der Waals surface area contributed by atoms with Gasteiger partial charge in [-0.05, 0) is 29.3 Å². The van der Waals surface area contributed by atoms with Gasteiger partial charge >= 0.3 is 0 Å². The van der Waals surface area contributed by atoms with Crippen molar-refractivity contribution < 1.29 is 4.74 Å². The monoisotopic (exact) mass is 469 g/mol. The second kappa shape index (κ2) is 9.11. The molecule has 0 amide bonds. The predicted molar refractivity (Wildman–Crippen MR) is 137 cm³/mol. The van der Waals surface area contributed by atoms with Gasteiger partial charge in [-0.2, -0.15) is 5.10 Å². The summed E-state index contributed by atoms with van der Waals surface area (Å²) in [6.07, 6.45) is 0.931. The zero-order valence-electron chi connectivity index (χ0n) is 18.1. The normalized spacial score (nSPS) is 14.5. The molecule has 0 radical (unpaired) electrons. The van der Waals surface area contributed by atoms with Crippen LogP contribution in [0.1, 0.15) is 21.6 Å². The molecule has 2 aromatic carbocycles. The number of thioether (sulfide) groups is 1. The third-order valence-corrected chi connectivity index (χ3v) is 7.91. The largest absolute Gasteiger partial charge is 0.481 e. The van der Waals surface area contributed by atoms with Gasteiger partial charge in [0.2, 0.25) is 0 Å². The lowest BCUT2D eigenvalue weighted by Gasteiger charge is -2.14. The molecule has 1 N–H and O–H groups in total. The third-order valence-electron chi connectivity index (χ3n) is 6.04. The average molecular weight is 470 g/mol. The molecular weight excluding hydrogens is 446 g/mol. The quantitative estimate of drug-likeness (QED) is 0.338. The minimum Gasteiger partial charge on any atom is -0.481 e. The Bertz CT molecular complexity index is 1340. The van der Waals surface area contributed by atoms with E-state index in [0.717, 1.165) is 40.7 Å². The number of para-hydroxylation sites is 1. The first-order valence-corrected chi connectivity index (χ1v) is 13.1. The molecule has 0 unspecified atom stereocenters. The van der Waals surface area contributed by atoms with Crippen molar-refractivity contribution in [1.29, 1.82) is 0 Å². The molecule has 4 aromatic rings. The summed E-state index contributed by atoms with van der Waals surface area (Å²) in [7, 11) is 0. The van der Waals surface area contributed by atoms with Gasteiger partial charge in [0.05, 0.1) is 16.3 Å². The van der Waals surface area contributed by atoms with E-state index in [1.165, 1.54) is 40.2 Å². The van der Waals surface area contributed by atoms with Gasteiger partial charge in [-0.25, -0.2) is 0 Å². The molecule has 1 saturated heterocycles. The maximum atomic E-state index is 5.66. The summed E-state index contributed by atoms with van der Waals surface area (Å²) < 4.78 is 5.66. The van der Waals surface area contributed by atoms with Crippen LogP contribution in [0.25, 0.3) is 22.5 Å². The summed E-state index contributed by atoms with van der Waals surface area (Å²) in [6, 6.07) is 18.8. The van der Waals surface area contributed by atoms with Crippen molar-refractivity contribution in [1.82, 2.24) is 15.1 Å². The van der Waals surface area contributed by atoms with E-state index in [1.807, 2.05) is 42.1 Å². The van der Waals surface area contributed by atoms with Crippen LogP contribution in [0.5, 0.6) is 5.75 Å². The molecule has 6 heteroatoms. The van der Waals surface area contributed by atoms with E-state index in [2.05, 4.69) is 56.6 Å². The summed E-state index contributed by atoms with van der Waals surface area (Å²) in [4.78, 5) is 3.55. The number of hydrogen-bond acceptors (Lipinski definition) is 5. The van der Waals surface area contributed by atoms with Crippen molar-refractivity contribution in [2.75, 3.05) is 24.8 Å². The number of fused-ring (bicyclic) bond motifs is 3. The Balaban J connectivity index is 1.16. The fourth-order valence-electron chi connectivity index (χ4n) is 4.44. The van der Waals surface area contributed by atoms with Crippen LogP contribution in [-0.4, -0.2) is 39.9 Å². The topological polar surface area (TPSA) is 41.2 Å². The number of benzene rings is 2. The molecule has 2 aliphatic rings. The van der Waals surface area contributed by atoms with Gasteiger partial charge in [-0.1, -0.05) is 48.2 Å². The van der Waals surface area contributed by atoms with Crippen LogP contribution < -0.4 is 4.74 Å². The zero-order valence-corrected chi connectivity index (χ0v) is 19.8. The van der Waals surface area contributed by atoms with Crippen LogP contribution in [0, 0.1) is 11.8 Å². The van der Waals surface area contributed by atoms with E-state index in [1.54, 1.807) is 11.3 Å². The van der Waals surface area contributed by atoms with Crippen molar-refractivity contribution in [2.45, 2.75) is 13.0 Å². The highest BCUT2D eigenvalue weighted by molar-refractivity contribution is 7.99. The van der Waals surface area contributed by atoms with Crippen LogP contribution in [-0.2, 0) is 13.0 Å². The molecule has 1 aliphatic carbocycles. The summed E-state index contributed by atoms with van der Waals surface area (Å²) in [5.41, 5.74) is 8.73. The van der Waals surface area contributed by atoms with Gasteiger partial charge in [-0.3, -0.25) is 10.00 Å². The standard InChI is InChI=1S/C27H23N3OS2/c1-2-5-22(6-3-1)31-11-4-7-23-14-21(17-33-23)26-25-15-20-13-19(16-30-10-12-32-18-30)8-9-24(20)27(25)29-28-26/h1-3,5-6,8-9,13-14,17H,10-12,15-16,18H2,(H,28,29). The predicted octanol–water partition coefficient (Wildman–Crippen LogP) is 5.65. The molecule has 164 valence electrons. The summed E-state index contributed by atoms with van der Waals surface area (Å²) >= 11 is 3.67. The minimum absolute atomic E-state index is 0.378. The fourth-order valence-corrected chi connectivity index (χ4v) is 6.20. The molecule has 1 aliphatic heterocycles. The molecule has 2 aromatic heterocycles. The van der Waals surface area contributed by atoms with Crippen molar-refractivity contribution in [2.24, 2.45) is 0 Å². The molecule has 0 bridgehead atoms. The summed E-state index contributed by atoms with van der Waals surface area (Å²) in [6.45, 7) is 2.61. The minimum atomic E-state index is 0.378. The number of rotatable bonds is 5. The smallest absolute Gasteiger partial charge is 0.149 e. The Kier molecular flexibility index (Phi) is 5.69. The van der Waals surface area contributed by atoms with Crippen LogP contribution in [0.15, 0.2) is 60.0 Å². The Morgan fingerprint density at radius 2 is 2.06 bits per heavy atom. The van der Waals surface area contributed by atoms with Gasteiger partial charge < -0.3 is 4.74 Å². The van der Waals surface area contributed by atoms with E-state index in [9.17, 15) is 0 Å². The number of ether oxygens (including phenoxy) is 1. The van der Waals surface area contributed by atoms with Crippen molar-refractivity contribution in [3.8, 4) is 40.1 Å². The molecule has 0 saturated carbocycles. The Morgan fingerprint density at radius 3 is 2.94 bits per heavy atom. The molecule has 1 fully saturated rings. The van der Waals surface area contributed by atoms with Crippen molar-refractivity contribution in [3.05, 3.63) is 81.5 Å². The van der Waals surface area contributed by atoms with E-state index >= 15 is 0 Å². The van der Waals surface area contributed by atoms with Gasteiger partial charge in [-0.15, -0.1) is 23.1 Å². The number of thiophene rings is 1. The second-order valence-corrected chi connectivity index (χ2v) is 10.3. The first-order chi connectivity index (χ1) is 16.3. The molecule has 6 rings (SSSR count). The van der Waals surface area contributed by atoms with E-state index in [0.29, 0.717) is 6.61 Å². The van der Waals surface area contributed by atoms with E-state index in [4.69, 9.17) is 4.74 Å². The SMILES string of the molecule is C(#Cc1cc(-c2n[nH]c3c2Cc2cc(CN4CCSC4)ccc2-3)cs1)COc1ccccc1. The molecular formula is C27H23N3OS2. The number of aromatic nitrogens is 2. The lowest BCUT2D eigenvalue weighted by Crippen LogP contribution is -2.18. The molecule has 0 atom stereocenters. The van der Waals surface area contributed by atoms with Crippen LogP contribution in [0.2, 0.25) is 0 Å². The first kappa shape index (κ1) is 20.6. The maximum Gasteiger partial charge on any atom is 0.149 e. The summed E-state index contributed by atoms with van der Waals surface area (Å²) in [5.74, 6) is 9.57. The molecule has 33 heavy (non-hydrogen) atoms. The highest BCUT2D eigenvalue weighted by Crippen LogP contribution is 2.41. The Labute approximate surface area is 202 Å². The average Bonchev–Trinajstić information content (AvgIpc) is 3.62. The van der Waals surface area contributed by atoms with Crippen molar-refractivity contribution >= 4 is 23.1 Å². The number of hydrogen-bond donors (Lipinski definition) is 1. The highest BCUT2D eigenvalue weighted by atomic mass is 32.2. The van der Waals surface area contributed by atoms with Gasteiger partial charge in [0.25, 0.3) is 0 Å². The van der Waals surface area contributed by atoms with Crippen molar-refractivity contribution in [3.63, 3.8) is 0 Å². The fraction of sp³-hybridized carbons (Fsp3) is 0.222. The Morgan fingerprint density at radius 1 is 1.12 bits per heavy atom. The molecule has 0 spiro atoms. The lowest BCUT2D eigenvalue weighted by atomic mass is 10.0. The van der Waals surface area contributed by atoms with Crippen LogP contribution >= 0.6 is 23.1 Å². The zero-order chi connectivity index (χ0) is 22.0. The summed E-state index contributed by atoms with van der Waals surface area (Å²) in [5, 5.41) is 10.1. The maximum absolute atomic E-state index is 5.66. The lowest BCUT2D eigenvalue weighted by molar-refractivity contribution is 0.349. The second-order valence-electron chi connectivity index (χ2n) is 8.29. The van der Waals surface area contributed by atoms with Gasteiger partial charge in [0.1, 0.15) is 12.4 Å². The molecule has 4 nitrogen and oxygen atoms in total. The number of H-pyrrole nitrogens is 1. The number of aromatic amines is 1. The van der Waals surface area contributed by atoms with Gasteiger partial charge in [0, 0.05) is 53.2 Å². The number of nitrogens with zero attached hydrogens (tertiary/aromatic N) is 2. The van der Waals surface area contributed by atoms with Crippen LogP contribution in [0.3, 0.4) is 0 Å². The van der Waals surface area contributed by atoms with E-state index < -0.39 is 0 Å². The van der Waals surface area contributed by atoms with E-state index in [-0.39, 0.29) is 0 Å². The van der Waals surface area contributed by atoms with Gasteiger partial charge in [0.15, 0.2) is 0 Å². The highest BCUT2D eigenvalue weighted by Gasteiger charge is 2.26. The first-order valence-electron chi connectivity index (χ1n) is 11.1. The van der Waals surface area contributed by atoms with Crippen LogP contribution in [0.4, 0.5) is 0 Å². The molecule has 3 heterocycles. The Hall–Kier alpha value is -2.98. The third kappa shape index (κ3) is 4.32. The number of nitrogens with one attached hydrogen (secondary N) is 1.